The fourth-order valence-electron chi connectivity index (χ4n) is 1.55. The van der Waals surface area contributed by atoms with Crippen molar-refractivity contribution >= 4 is 40.9 Å². The van der Waals surface area contributed by atoms with Crippen LogP contribution in [0.3, 0.4) is 0 Å². The third kappa shape index (κ3) is 3.90. The number of carbonyl (C=O) groups is 2. The van der Waals surface area contributed by atoms with E-state index < -0.39 is 12.0 Å². The Morgan fingerprint density at radius 2 is 1.90 bits per heavy atom. The highest BCUT2D eigenvalue weighted by Crippen LogP contribution is 2.31. The molecule has 0 atom stereocenters. The van der Waals surface area contributed by atoms with Crippen molar-refractivity contribution < 1.29 is 19.1 Å². The molecule has 2 amide bonds. The van der Waals surface area contributed by atoms with Gasteiger partial charge in [0, 0.05) is 12.1 Å². The largest absolute Gasteiger partial charge is 0.478 e. The van der Waals surface area contributed by atoms with Crippen LogP contribution in [-0.4, -0.2) is 17.1 Å². The highest BCUT2D eigenvalue weighted by Gasteiger charge is 2.14. The molecule has 8 heteroatoms. The Hall–Kier alpha value is -2.18. The van der Waals surface area contributed by atoms with Gasteiger partial charge in [0.1, 0.15) is 0 Å². The molecule has 1 aromatic carbocycles. The van der Waals surface area contributed by atoms with E-state index in [1.807, 2.05) is 0 Å². The fraction of sp³-hybridized carbons (Fsp3) is 0.0769. The Morgan fingerprint density at radius 3 is 2.43 bits per heavy atom. The third-order valence-corrected chi connectivity index (χ3v) is 3.16. The predicted octanol–water partition coefficient (Wildman–Crippen LogP) is 3.61. The van der Waals surface area contributed by atoms with Crippen molar-refractivity contribution in [2.24, 2.45) is 0 Å². The lowest BCUT2D eigenvalue weighted by Crippen LogP contribution is -2.28. The number of nitrogens with one attached hydrogen (secondary N) is 2. The number of aromatic carboxylic acids is 1. The fourth-order valence-corrected chi connectivity index (χ4v) is 2.13. The van der Waals surface area contributed by atoms with Gasteiger partial charge < -0.3 is 20.2 Å². The molecule has 110 valence electrons. The number of hydrogen-bond acceptors (Lipinski definition) is 3. The quantitative estimate of drug-likeness (QED) is 0.799. The van der Waals surface area contributed by atoms with Crippen molar-refractivity contribution in [2.45, 2.75) is 6.54 Å². The van der Waals surface area contributed by atoms with Gasteiger partial charge in [-0.3, -0.25) is 0 Å². The van der Waals surface area contributed by atoms with Gasteiger partial charge >= 0.3 is 12.0 Å². The molecule has 3 N–H and O–H groups in total. The van der Waals surface area contributed by atoms with Crippen LogP contribution in [0.4, 0.5) is 10.5 Å². The molecule has 2 aromatic rings. The average molecular weight is 329 g/mol. The highest BCUT2D eigenvalue weighted by molar-refractivity contribution is 6.40. The first-order valence-corrected chi connectivity index (χ1v) is 6.51. The van der Waals surface area contributed by atoms with Gasteiger partial charge in [-0.2, -0.15) is 0 Å². The molecule has 6 nitrogen and oxygen atoms in total. The maximum Gasteiger partial charge on any atom is 0.335 e. The van der Waals surface area contributed by atoms with Crippen LogP contribution < -0.4 is 10.6 Å². The summed E-state index contributed by atoms with van der Waals surface area (Å²) in [5.41, 5.74) is 0.881. The number of rotatable bonds is 4. The number of anilines is 1. The van der Waals surface area contributed by atoms with E-state index >= 15 is 0 Å². The normalized spacial score (nSPS) is 10.2. The molecule has 0 aliphatic rings. The van der Waals surface area contributed by atoms with E-state index in [0.717, 1.165) is 5.56 Å². The third-order valence-electron chi connectivity index (χ3n) is 2.56. The van der Waals surface area contributed by atoms with Crippen LogP contribution >= 0.6 is 23.2 Å². The van der Waals surface area contributed by atoms with Crippen LogP contribution in [-0.2, 0) is 6.54 Å². The predicted molar refractivity (Wildman–Crippen MR) is 78.0 cm³/mol. The molecule has 0 unspecified atom stereocenters. The summed E-state index contributed by atoms with van der Waals surface area (Å²) in [6, 6.07) is 3.60. The van der Waals surface area contributed by atoms with Crippen LogP contribution in [0.25, 0.3) is 0 Å². The first-order valence-electron chi connectivity index (χ1n) is 5.75. The Kier molecular flexibility index (Phi) is 4.72. The van der Waals surface area contributed by atoms with Crippen molar-refractivity contribution in [3.05, 3.63) is 51.9 Å². The Balaban J connectivity index is 2.05. The van der Waals surface area contributed by atoms with Gasteiger partial charge in [-0.15, -0.1) is 0 Å². The molecule has 2 rings (SSSR count). The van der Waals surface area contributed by atoms with E-state index in [1.165, 1.54) is 24.7 Å². The lowest BCUT2D eigenvalue weighted by atomic mass is 10.2. The second-order valence-electron chi connectivity index (χ2n) is 4.06. The number of carboxylic acids is 1. The second-order valence-corrected chi connectivity index (χ2v) is 4.87. The van der Waals surface area contributed by atoms with Gasteiger partial charge in [-0.1, -0.05) is 23.2 Å². The highest BCUT2D eigenvalue weighted by atomic mass is 35.5. The van der Waals surface area contributed by atoms with Crippen LogP contribution in [0.1, 0.15) is 15.9 Å². The van der Waals surface area contributed by atoms with Crippen LogP contribution in [0.15, 0.2) is 35.1 Å². The minimum Gasteiger partial charge on any atom is -0.478 e. The van der Waals surface area contributed by atoms with Crippen molar-refractivity contribution in [3.63, 3.8) is 0 Å². The van der Waals surface area contributed by atoms with Gasteiger partial charge in [0.05, 0.1) is 33.8 Å². The smallest absolute Gasteiger partial charge is 0.335 e. The Morgan fingerprint density at radius 1 is 1.24 bits per heavy atom. The summed E-state index contributed by atoms with van der Waals surface area (Å²) in [6.07, 6.45) is 3.00. The number of urea groups is 1. The van der Waals surface area contributed by atoms with Gasteiger partial charge in [-0.05, 0) is 18.2 Å². The van der Waals surface area contributed by atoms with Crippen LogP contribution in [0.5, 0.6) is 0 Å². The van der Waals surface area contributed by atoms with Crippen molar-refractivity contribution in [2.75, 3.05) is 5.32 Å². The van der Waals surface area contributed by atoms with Crippen LogP contribution in [0.2, 0.25) is 10.0 Å². The number of carboxylic acid groups (broad SMARTS) is 1. The van der Waals surface area contributed by atoms with E-state index in [-0.39, 0.29) is 27.8 Å². The molecular weight excluding hydrogens is 319 g/mol. The maximum absolute atomic E-state index is 11.7. The van der Waals surface area contributed by atoms with Gasteiger partial charge in [0.25, 0.3) is 0 Å². The SMILES string of the molecule is O=C(NCc1ccoc1)Nc1c(Cl)cc(C(=O)O)cc1Cl. The molecule has 0 aliphatic carbocycles. The van der Waals surface area contributed by atoms with Crippen molar-refractivity contribution in [1.82, 2.24) is 5.32 Å². The van der Waals surface area contributed by atoms with E-state index in [9.17, 15) is 9.59 Å². The molecule has 0 saturated carbocycles. The molecule has 0 spiro atoms. The molecule has 0 saturated heterocycles. The van der Waals surface area contributed by atoms with Gasteiger partial charge in [-0.25, -0.2) is 9.59 Å². The molecule has 21 heavy (non-hydrogen) atoms. The number of furan rings is 1. The molecule has 0 radical (unpaired) electrons. The minimum absolute atomic E-state index is 0.0401. The Labute approximate surface area is 129 Å². The average Bonchev–Trinajstić information content (AvgIpc) is 2.93. The van der Waals surface area contributed by atoms with E-state index in [0.29, 0.717) is 0 Å². The van der Waals surface area contributed by atoms with Crippen molar-refractivity contribution in [3.8, 4) is 0 Å². The second kappa shape index (κ2) is 6.51. The van der Waals surface area contributed by atoms with E-state index in [2.05, 4.69) is 10.6 Å². The molecule has 1 heterocycles. The molecular formula is C13H10Cl2N2O4. The summed E-state index contributed by atoms with van der Waals surface area (Å²) >= 11 is 11.8. The summed E-state index contributed by atoms with van der Waals surface area (Å²) in [4.78, 5) is 22.6. The summed E-state index contributed by atoms with van der Waals surface area (Å²) in [7, 11) is 0. The molecule has 0 bridgehead atoms. The number of halogens is 2. The zero-order chi connectivity index (χ0) is 15.4. The zero-order valence-corrected chi connectivity index (χ0v) is 12.0. The Bertz CT molecular complexity index is 648. The molecule has 0 fully saturated rings. The first kappa shape index (κ1) is 15.2. The van der Waals surface area contributed by atoms with Crippen LogP contribution in [0, 0.1) is 0 Å². The number of benzene rings is 1. The van der Waals surface area contributed by atoms with E-state index in [4.69, 9.17) is 32.7 Å². The summed E-state index contributed by atoms with van der Waals surface area (Å²) < 4.78 is 4.87. The topological polar surface area (TPSA) is 91.6 Å². The first-order chi connectivity index (χ1) is 9.97. The minimum atomic E-state index is -1.16. The van der Waals surface area contributed by atoms with Crippen molar-refractivity contribution in [1.29, 1.82) is 0 Å². The standard InChI is InChI=1S/C13H10Cl2N2O4/c14-9-3-8(12(18)19)4-10(15)11(9)17-13(20)16-5-7-1-2-21-6-7/h1-4,6H,5H2,(H,18,19)(H2,16,17,20). The summed E-state index contributed by atoms with van der Waals surface area (Å²) in [6.45, 7) is 0.269. The van der Waals surface area contributed by atoms with E-state index in [1.54, 1.807) is 6.07 Å². The molecule has 0 aliphatic heterocycles. The monoisotopic (exact) mass is 328 g/mol. The van der Waals surface area contributed by atoms with Gasteiger partial charge in [0.15, 0.2) is 0 Å². The summed E-state index contributed by atoms with van der Waals surface area (Å²) in [5, 5.41) is 14.0. The number of carbonyl (C=O) groups excluding carboxylic acids is 1. The molecule has 1 aromatic heterocycles. The number of hydrogen-bond donors (Lipinski definition) is 3. The number of amides is 2. The maximum atomic E-state index is 11.7. The lowest BCUT2D eigenvalue weighted by Gasteiger charge is -2.11. The van der Waals surface area contributed by atoms with Gasteiger partial charge in [0.2, 0.25) is 0 Å². The lowest BCUT2D eigenvalue weighted by molar-refractivity contribution is 0.0697. The zero-order valence-electron chi connectivity index (χ0n) is 10.5. The summed E-state index contributed by atoms with van der Waals surface area (Å²) in [5.74, 6) is -1.16.